The second-order valence-corrected chi connectivity index (χ2v) is 2.20. The standard InChI is InChI=1S/C9H7NO.Y/c1-2-4-8(5-3-1)9-10-6-7-11-9;/h1-7H;. The van der Waals surface area contributed by atoms with E-state index in [1.807, 2.05) is 30.3 Å². The van der Waals surface area contributed by atoms with Gasteiger partial charge in [-0.05, 0) is 12.1 Å². The fourth-order valence-electron chi connectivity index (χ4n) is 0.947. The maximum atomic E-state index is 5.11. The Bertz CT molecular complexity index is 318. The van der Waals surface area contributed by atoms with Gasteiger partial charge < -0.3 is 4.42 Å². The Morgan fingerprint density at radius 1 is 1.08 bits per heavy atom. The molecule has 2 rings (SSSR count). The van der Waals surface area contributed by atoms with Crippen molar-refractivity contribution in [1.29, 1.82) is 0 Å². The van der Waals surface area contributed by atoms with E-state index in [-0.39, 0.29) is 32.7 Å². The molecule has 57 valence electrons. The van der Waals surface area contributed by atoms with E-state index >= 15 is 0 Å². The van der Waals surface area contributed by atoms with Crippen molar-refractivity contribution in [3.05, 3.63) is 42.8 Å². The van der Waals surface area contributed by atoms with Gasteiger partial charge in [0.15, 0.2) is 0 Å². The molecule has 0 aliphatic carbocycles. The first-order valence-electron chi connectivity index (χ1n) is 3.42. The van der Waals surface area contributed by atoms with Crippen molar-refractivity contribution in [2.24, 2.45) is 0 Å². The van der Waals surface area contributed by atoms with E-state index in [0.29, 0.717) is 5.89 Å². The smallest absolute Gasteiger partial charge is 0.225 e. The number of benzene rings is 1. The molecule has 2 nitrogen and oxygen atoms in total. The molecule has 0 aliphatic heterocycles. The van der Waals surface area contributed by atoms with Gasteiger partial charge in [0.2, 0.25) is 5.89 Å². The zero-order valence-electron chi connectivity index (χ0n) is 6.47. The molecule has 0 bridgehead atoms. The summed E-state index contributed by atoms with van der Waals surface area (Å²) in [5.74, 6) is 0.672. The van der Waals surface area contributed by atoms with Crippen molar-refractivity contribution in [2.75, 3.05) is 0 Å². The van der Waals surface area contributed by atoms with Crippen LogP contribution in [0.5, 0.6) is 0 Å². The summed E-state index contributed by atoms with van der Waals surface area (Å²) in [5, 5.41) is 0. The van der Waals surface area contributed by atoms with Crippen LogP contribution in [0.15, 0.2) is 47.2 Å². The molecular weight excluding hydrogens is 227 g/mol. The summed E-state index contributed by atoms with van der Waals surface area (Å²) < 4.78 is 5.11. The second kappa shape index (κ2) is 4.53. The Hall–Kier alpha value is -0.466. The van der Waals surface area contributed by atoms with E-state index in [2.05, 4.69) is 4.98 Å². The molecule has 1 aromatic heterocycles. The Kier molecular flexibility index (Phi) is 3.63. The molecule has 3 heteroatoms. The fraction of sp³-hybridized carbons (Fsp3) is 0. The quantitative estimate of drug-likeness (QED) is 0.756. The van der Waals surface area contributed by atoms with Gasteiger partial charge >= 0.3 is 0 Å². The van der Waals surface area contributed by atoms with E-state index in [1.165, 1.54) is 0 Å². The molecule has 0 atom stereocenters. The normalized spacial score (nSPS) is 9.00. The number of hydrogen-bond donors (Lipinski definition) is 0. The Morgan fingerprint density at radius 3 is 2.42 bits per heavy atom. The fourth-order valence-corrected chi connectivity index (χ4v) is 0.947. The number of nitrogens with zero attached hydrogens (tertiary/aromatic N) is 1. The zero-order valence-corrected chi connectivity index (χ0v) is 9.31. The van der Waals surface area contributed by atoms with Crippen molar-refractivity contribution in [2.45, 2.75) is 0 Å². The summed E-state index contributed by atoms with van der Waals surface area (Å²) in [5.41, 5.74) is 1.01. The summed E-state index contributed by atoms with van der Waals surface area (Å²) in [6.07, 6.45) is 3.21. The van der Waals surface area contributed by atoms with Gasteiger partial charge in [-0.2, -0.15) is 0 Å². The number of hydrogen-bond acceptors (Lipinski definition) is 2. The minimum atomic E-state index is 0. The summed E-state index contributed by atoms with van der Waals surface area (Å²) in [6, 6.07) is 9.81. The topological polar surface area (TPSA) is 26.0 Å². The van der Waals surface area contributed by atoms with Crippen LogP contribution < -0.4 is 0 Å². The molecule has 0 unspecified atom stereocenters. The average molecular weight is 234 g/mol. The molecule has 0 spiro atoms. The Balaban J connectivity index is 0.000000720. The number of aromatic nitrogens is 1. The third-order valence-electron chi connectivity index (χ3n) is 1.45. The van der Waals surface area contributed by atoms with E-state index < -0.39 is 0 Å². The molecule has 0 N–H and O–H groups in total. The number of oxazole rings is 1. The Labute approximate surface area is 95.9 Å². The van der Waals surface area contributed by atoms with Crippen molar-refractivity contribution in [3.63, 3.8) is 0 Å². The largest absolute Gasteiger partial charge is 0.445 e. The molecule has 1 heterocycles. The molecule has 0 saturated carbocycles. The first-order valence-corrected chi connectivity index (χ1v) is 3.42. The third kappa shape index (κ3) is 2.02. The van der Waals surface area contributed by atoms with Gasteiger partial charge in [-0.15, -0.1) is 0 Å². The van der Waals surface area contributed by atoms with Crippen LogP contribution in [0.2, 0.25) is 0 Å². The van der Waals surface area contributed by atoms with E-state index in [0.717, 1.165) is 5.56 Å². The predicted octanol–water partition coefficient (Wildman–Crippen LogP) is 2.34. The molecule has 2 aromatic rings. The first kappa shape index (κ1) is 9.62. The SMILES string of the molecule is [Y].c1ccc(-c2ncco2)cc1. The maximum absolute atomic E-state index is 5.11. The zero-order chi connectivity index (χ0) is 7.52. The minimum Gasteiger partial charge on any atom is -0.445 e. The maximum Gasteiger partial charge on any atom is 0.225 e. The molecule has 1 aromatic carbocycles. The third-order valence-corrected chi connectivity index (χ3v) is 1.45. The van der Waals surface area contributed by atoms with E-state index in [9.17, 15) is 0 Å². The van der Waals surface area contributed by atoms with Crippen molar-refractivity contribution in [3.8, 4) is 11.5 Å². The molecule has 12 heavy (non-hydrogen) atoms. The van der Waals surface area contributed by atoms with Crippen molar-refractivity contribution in [1.82, 2.24) is 4.98 Å². The van der Waals surface area contributed by atoms with Crippen LogP contribution in [0.4, 0.5) is 0 Å². The molecular formula is C9H7NOY. The Morgan fingerprint density at radius 2 is 1.83 bits per heavy atom. The average Bonchev–Trinajstić information content (AvgIpc) is 2.58. The van der Waals surface area contributed by atoms with E-state index in [1.54, 1.807) is 12.5 Å². The van der Waals surface area contributed by atoms with Gasteiger partial charge in [0, 0.05) is 38.3 Å². The van der Waals surface area contributed by atoms with Gasteiger partial charge in [-0.3, -0.25) is 0 Å². The summed E-state index contributed by atoms with van der Waals surface area (Å²) >= 11 is 0. The van der Waals surface area contributed by atoms with Crippen LogP contribution in [-0.4, -0.2) is 4.98 Å². The summed E-state index contributed by atoms with van der Waals surface area (Å²) in [4.78, 5) is 4.02. The minimum absolute atomic E-state index is 0. The molecule has 0 amide bonds. The van der Waals surface area contributed by atoms with Gasteiger partial charge in [-0.25, -0.2) is 4.98 Å². The monoisotopic (exact) mass is 234 g/mol. The summed E-state index contributed by atoms with van der Waals surface area (Å²) in [6.45, 7) is 0. The van der Waals surface area contributed by atoms with Crippen molar-refractivity contribution >= 4 is 0 Å². The van der Waals surface area contributed by atoms with Gasteiger partial charge in [0.05, 0.1) is 6.20 Å². The van der Waals surface area contributed by atoms with Crippen molar-refractivity contribution < 1.29 is 37.1 Å². The molecule has 1 radical (unpaired) electrons. The molecule has 0 fully saturated rings. The van der Waals surface area contributed by atoms with Crippen LogP contribution in [0.25, 0.3) is 11.5 Å². The molecule has 0 saturated heterocycles. The summed E-state index contributed by atoms with van der Waals surface area (Å²) in [7, 11) is 0. The van der Waals surface area contributed by atoms with Gasteiger partial charge in [-0.1, -0.05) is 18.2 Å². The van der Waals surface area contributed by atoms with Crippen LogP contribution in [0.3, 0.4) is 0 Å². The van der Waals surface area contributed by atoms with Gasteiger partial charge in [0.25, 0.3) is 0 Å². The first-order chi connectivity index (χ1) is 5.47. The van der Waals surface area contributed by atoms with Gasteiger partial charge in [0.1, 0.15) is 6.26 Å². The van der Waals surface area contributed by atoms with Crippen LogP contribution in [-0.2, 0) is 32.7 Å². The molecule has 0 aliphatic rings. The number of rotatable bonds is 1. The predicted molar refractivity (Wildman–Crippen MR) is 41.9 cm³/mol. The van der Waals surface area contributed by atoms with Crippen LogP contribution in [0.1, 0.15) is 0 Å². The van der Waals surface area contributed by atoms with Crippen LogP contribution >= 0.6 is 0 Å². The van der Waals surface area contributed by atoms with Crippen LogP contribution in [0, 0.1) is 0 Å². The van der Waals surface area contributed by atoms with E-state index in [4.69, 9.17) is 4.42 Å². The second-order valence-electron chi connectivity index (χ2n) is 2.20.